The van der Waals surface area contributed by atoms with Gasteiger partial charge in [0.1, 0.15) is 11.8 Å². The molecular formula is C18H18N4O3. The van der Waals surface area contributed by atoms with Crippen LogP contribution in [0.25, 0.3) is 0 Å². The number of para-hydroxylation sites is 1. The minimum Gasteiger partial charge on any atom is -0.496 e. The highest BCUT2D eigenvalue weighted by molar-refractivity contribution is 5.94. The van der Waals surface area contributed by atoms with Gasteiger partial charge in [0.15, 0.2) is 5.82 Å². The highest BCUT2D eigenvalue weighted by Gasteiger charge is 2.25. The number of methoxy groups -OCH3 is 1. The van der Waals surface area contributed by atoms with Crippen LogP contribution >= 0.6 is 0 Å². The van der Waals surface area contributed by atoms with Crippen molar-refractivity contribution < 1.29 is 14.1 Å². The molecule has 0 unspecified atom stereocenters. The molecule has 0 saturated carbocycles. The smallest absolute Gasteiger partial charge is 0.253 e. The van der Waals surface area contributed by atoms with E-state index in [0.717, 1.165) is 11.3 Å². The molecule has 25 heavy (non-hydrogen) atoms. The molecule has 0 fully saturated rings. The first kappa shape index (κ1) is 16.6. The van der Waals surface area contributed by atoms with Gasteiger partial charge in [0.2, 0.25) is 5.89 Å². The molecule has 2 heterocycles. The molecule has 1 N–H and O–H groups in total. The second-order valence-corrected chi connectivity index (χ2v) is 5.51. The molecule has 1 atom stereocenters. The van der Waals surface area contributed by atoms with E-state index in [4.69, 9.17) is 9.26 Å². The summed E-state index contributed by atoms with van der Waals surface area (Å²) in [7, 11) is 1.57. The van der Waals surface area contributed by atoms with Crippen LogP contribution in [0.15, 0.2) is 47.1 Å². The van der Waals surface area contributed by atoms with Gasteiger partial charge in [-0.25, -0.2) is 0 Å². The number of rotatable bonds is 5. The monoisotopic (exact) mass is 338 g/mol. The number of carbonyl (C=O) groups excluding carboxylic acids is 1. The van der Waals surface area contributed by atoms with Crippen LogP contribution in [0.2, 0.25) is 0 Å². The standard InChI is InChI=1S/C18H18N4O3/c1-11-8-9-13(10-19-11)18(23)21-16(17-20-12(2)25-22-17)14-6-4-5-7-15(14)24-3/h4-10,16H,1-3H3,(H,21,23)/t16-/m1/s1. The Bertz CT molecular complexity index is 874. The van der Waals surface area contributed by atoms with Gasteiger partial charge in [-0.1, -0.05) is 23.4 Å². The van der Waals surface area contributed by atoms with E-state index < -0.39 is 6.04 Å². The minimum atomic E-state index is -0.609. The Hall–Kier alpha value is -3.22. The van der Waals surface area contributed by atoms with Crippen molar-refractivity contribution in [2.24, 2.45) is 0 Å². The average molecular weight is 338 g/mol. The fraction of sp³-hybridized carbons (Fsp3) is 0.222. The minimum absolute atomic E-state index is 0.286. The zero-order valence-electron chi connectivity index (χ0n) is 14.2. The molecule has 2 aromatic heterocycles. The summed E-state index contributed by atoms with van der Waals surface area (Å²) >= 11 is 0. The molecule has 7 nitrogen and oxygen atoms in total. The summed E-state index contributed by atoms with van der Waals surface area (Å²) in [5, 5.41) is 6.89. The Morgan fingerprint density at radius 3 is 2.64 bits per heavy atom. The van der Waals surface area contributed by atoms with Gasteiger partial charge in [0.25, 0.3) is 5.91 Å². The Balaban J connectivity index is 1.97. The van der Waals surface area contributed by atoms with E-state index in [-0.39, 0.29) is 5.91 Å². The van der Waals surface area contributed by atoms with Crippen LogP contribution in [0.1, 0.15) is 39.4 Å². The van der Waals surface area contributed by atoms with Crippen LogP contribution in [-0.4, -0.2) is 28.1 Å². The molecule has 3 rings (SSSR count). The number of nitrogens with zero attached hydrogens (tertiary/aromatic N) is 3. The van der Waals surface area contributed by atoms with E-state index in [1.54, 1.807) is 26.2 Å². The number of pyridine rings is 1. The van der Waals surface area contributed by atoms with E-state index >= 15 is 0 Å². The summed E-state index contributed by atoms with van der Waals surface area (Å²) in [5.74, 6) is 1.11. The summed E-state index contributed by atoms with van der Waals surface area (Å²) in [5.41, 5.74) is 2.02. The molecule has 1 amide bonds. The number of hydrogen-bond donors (Lipinski definition) is 1. The maximum atomic E-state index is 12.6. The molecule has 0 spiro atoms. The molecule has 3 aromatic rings. The lowest BCUT2D eigenvalue weighted by Gasteiger charge is -2.18. The Morgan fingerprint density at radius 2 is 2.00 bits per heavy atom. The second kappa shape index (κ2) is 7.12. The van der Waals surface area contributed by atoms with Gasteiger partial charge in [0.05, 0.1) is 12.7 Å². The summed E-state index contributed by atoms with van der Waals surface area (Å²) in [6.45, 7) is 3.56. The highest BCUT2D eigenvalue weighted by atomic mass is 16.5. The van der Waals surface area contributed by atoms with Crippen LogP contribution in [0.5, 0.6) is 5.75 Å². The number of carbonyl (C=O) groups is 1. The molecule has 0 aliphatic rings. The predicted octanol–water partition coefficient (Wildman–Crippen LogP) is 2.61. The molecule has 1 aromatic carbocycles. The van der Waals surface area contributed by atoms with E-state index in [9.17, 15) is 4.79 Å². The van der Waals surface area contributed by atoms with E-state index in [1.807, 2.05) is 31.2 Å². The third-order valence-corrected chi connectivity index (χ3v) is 3.70. The average Bonchev–Trinajstić information content (AvgIpc) is 3.06. The van der Waals surface area contributed by atoms with Crippen LogP contribution in [0.4, 0.5) is 0 Å². The van der Waals surface area contributed by atoms with Gasteiger partial charge in [-0.3, -0.25) is 9.78 Å². The van der Waals surface area contributed by atoms with Crippen LogP contribution in [0, 0.1) is 13.8 Å². The van der Waals surface area contributed by atoms with Crippen molar-refractivity contribution in [3.63, 3.8) is 0 Å². The van der Waals surface area contributed by atoms with Crippen molar-refractivity contribution in [1.29, 1.82) is 0 Å². The largest absolute Gasteiger partial charge is 0.496 e. The van der Waals surface area contributed by atoms with Gasteiger partial charge in [-0.15, -0.1) is 0 Å². The fourth-order valence-corrected chi connectivity index (χ4v) is 2.44. The van der Waals surface area contributed by atoms with Crippen molar-refractivity contribution in [1.82, 2.24) is 20.4 Å². The molecule has 0 saturated heterocycles. The third kappa shape index (κ3) is 3.65. The number of ether oxygens (including phenoxy) is 1. The third-order valence-electron chi connectivity index (χ3n) is 3.70. The number of hydrogen-bond acceptors (Lipinski definition) is 6. The summed E-state index contributed by atoms with van der Waals surface area (Å²) in [6.07, 6.45) is 1.53. The number of amides is 1. The Labute approximate surface area is 145 Å². The number of aromatic nitrogens is 3. The van der Waals surface area contributed by atoms with Crippen LogP contribution in [-0.2, 0) is 0 Å². The van der Waals surface area contributed by atoms with Crippen molar-refractivity contribution in [2.45, 2.75) is 19.9 Å². The van der Waals surface area contributed by atoms with Crippen molar-refractivity contribution >= 4 is 5.91 Å². The van der Waals surface area contributed by atoms with Crippen molar-refractivity contribution in [3.8, 4) is 5.75 Å². The van der Waals surface area contributed by atoms with E-state index in [0.29, 0.717) is 23.0 Å². The predicted molar refractivity (Wildman–Crippen MR) is 90.3 cm³/mol. The maximum Gasteiger partial charge on any atom is 0.253 e. The van der Waals surface area contributed by atoms with Gasteiger partial charge < -0.3 is 14.6 Å². The second-order valence-electron chi connectivity index (χ2n) is 5.51. The molecule has 0 bridgehead atoms. The first-order valence-electron chi connectivity index (χ1n) is 7.75. The van der Waals surface area contributed by atoms with Crippen LogP contribution < -0.4 is 10.1 Å². The summed E-state index contributed by atoms with van der Waals surface area (Å²) < 4.78 is 10.5. The first-order chi connectivity index (χ1) is 12.1. The lowest BCUT2D eigenvalue weighted by Crippen LogP contribution is -2.30. The van der Waals surface area contributed by atoms with E-state index in [2.05, 4.69) is 20.4 Å². The van der Waals surface area contributed by atoms with Gasteiger partial charge in [-0.2, -0.15) is 4.98 Å². The molecule has 7 heteroatoms. The first-order valence-corrected chi connectivity index (χ1v) is 7.75. The van der Waals surface area contributed by atoms with Gasteiger partial charge >= 0.3 is 0 Å². The topological polar surface area (TPSA) is 90.1 Å². The fourth-order valence-electron chi connectivity index (χ4n) is 2.44. The number of aryl methyl sites for hydroxylation is 2. The van der Waals surface area contributed by atoms with E-state index in [1.165, 1.54) is 6.20 Å². The Kier molecular flexibility index (Phi) is 4.74. The molecular weight excluding hydrogens is 320 g/mol. The zero-order chi connectivity index (χ0) is 17.8. The van der Waals surface area contributed by atoms with Gasteiger partial charge in [0, 0.05) is 24.4 Å². The lowest BCUT2D eigenvalue weighted by atomic mass is 10.0. The summed E-state index contributed by atoms with van der Waals surface area (Å²) in [4.78, 5) is 21.1. The number of benzene rings is 1. The molecule has 0 aliphatic carbocycles. The lowest BCUT2D eigenvalue weighted by molar-refractivity contribution is 0.0940. The van der Waals surface area contributed by atoms with Crippen molar-refractivity contribution in [3.05, 3.63) is 71.1 Å². The molecule has 0 radical (unpaired) electrons. The normalized spacial score (nSPS) is 11.8. The van der Waals surface area contributed by atoms with Crippen molar-refractivity contribution in [2.75, 3.05) is 7.11 Å². The SMILES string of the molecule is COc1ccccc1[C@@H](NC(=O)c1ccc(C)nc1)c1noc(C)n1. The van der Waals surface area contributed by atoms with Crippen LogP contribution in [0.3, 0.4) is 0 Å². The van der Waals surface area contributed by atoms with Gasteiger partial charge in [-0.05, 0) is 25.1 Å². The Morgan fingerprint density at radius 1 is 1.20 bits per heavy atom. The maximum absolute atomic E-state index is 12.6. The molecule has 128 valence electrons. The summed E-state index contributed by atoms with van der Waals surface area (Å²) in [6, 6.07) is 10.3. The quantitative estimate of drug-likeness (QED) is 0.769. The number of nitrogens with one attached hydrogen (secondary N) is 1. The highest BCUT2D eigenvalue weighted by Crippen LogP contribution is 2.28. The molecule has 0 aliphatic heterocycles. The zero-order valence-corrected chi connectivity index (χ0v) is 14.2.